The van der Waals surface area contributed by atoms with Gasteiger partial charge in [0.2, 0.25) is 5.43 Å². The number of benzene rings is 2. The van der Waals surface area contributed by atoms with Gasteiger partial charge in [0, 0.05) is 36.3 Å². The van der Waals surface area contributed by atoms with Crippen LogP contribution in [0.2, 0.25) is 0 Å². The molecule has 0 amide bonds. The summed E-state index contributed by atoms with van der Waals surface area (Å²) in [5.74, 6) is -1.52. The molecular formula is C21H17FN2O3. The second kappa shape index (κ2) is 5.76. The molecule has 1 aliphatic carbocycles. The number of hydrogen-bond donors (Lipinski definition) is 2. The minimum absolute atomic E-state index is 0.190. The molecule has 0 saturated heterocycles. The molecule has 1 aromatic heterocycles. The van der Waals surface area contributed by atoms with Crippen molar-refractivity contribution in [2.45, 2.75) is 32.0 Å². The molecule has 5 nitrogen and oxygen atoms in total. The predicted octanol–water partition coefficient (Wildman–Crippen LogP) is 3.44. The zero-order valence-electron chi connectivity index (χ0n) is 14.5. The molecule has 2 aliphatic rings. The smallest absolute Gasteiger partial charge is 0.341 e. The van der Waals surface area contributed by atoms with Crippen molar-refractivity contribution in [1.29, 1.82) is 0 Å². The number of nitrogens with zero attached hydrogens (tertiary/aromatic N) is 1. The Bertz CT molecular complexity index is 1180. The average Bonchev–Trinajstić information content (AvgIpc) is 3.39. The summed E-state index contributed by atoms with van der Waals surface area (Å²) in [6.07, 6.45) is 3.32. The van der Waals surface area contributed by atoms with Gasteiger partial charge in [-0.05, 0) is 53.8 Å². The van der Waals surface area contributed by atoms with Crippen molar-refractivity contribution in [2.75, 3.05) is 0 Å². The summed E-state index contributed by atoms with van der Waals surface area (Å²) < 4.78 is 16.5. The number of fused-ring (bicyclic) bond motifs is 2. The zero-order valence-corrected chi connectivity index (χ0v) is 14.5. The Morgan fingerprint density at radius 1 is 1.15 bits per heavy atom. The fraction of sp³-hybridized carbons (Fsp3) is 0.238. The van der Waals surface area contributed by atoms with Gasteiger partial charge >= 0.3 is 5.97 Å². The zero-order chi connectivity index (χ0) is 18.7. The van der Waals surface area contributed by atoms with E-state index in [0.29, 0.717) is 35.1 Å². The van der Waals surface area contributed by atoms with Crippen LogP contribution in [0.4, 0.5) is 4.39 Å². The fourth-order valence-corrected chi connectivity index (χ4v) is 3.87. The van der Waals surface area contributed by atoms with Crippen molar-refractivity contribution in [3.63, 3.8) is 0 Å². The van der Waals surface area contributed by atoms with E-state index in [9.17, 15) is 19.1 Å². The number of hydrogen-bond acceptors (Lipinski definition) is 3. The van der Waals surface area contributed by atoms with Gasteiger partial charge in [-0.15, -0.1) is 0 Å². The molecule has 3 aromatic rings. The van der Waals surface area contributed by atoms with E-state index >= 15 is 0 Å². The summed E-state index contributed by atoms with van der Waals surface area (Å²) >= 11 is 0. The van der Waals surface area contributed by atoms with E-state index in [4.69, 9.17) is 0 Å². The first-order valence-electron chi connectivity index (χ1n) is 8.97. The summed E-state index contributed by atoms with van der Waals surface area (Å²) in [7, 11) is 0. The van der Waals surface area contributed by atoms with Gasteiger partial charge in [-0.2, -0.15) is 0 Å². The molecule has 2 N–H and O–H groups in total. The van der Waals surface area contributed by atoms with Crippen molar-refractivity contribution < 1.29 is 14.3 Å². The lowest BCUT2D eigenvalue weighted by Crippen LogP contribution is -2.18. The van der Waals surface area contributed by atoms with E-state index in [2.05, 4.69) is 5.32 Å². The second-order valence-corrected chi connectivity index (χ2v) is 7.25. The maximum Gasteiger partial charge on any atom is 0.341 e. The summed E-state index contributed by atoms with van der Waals surface area (Å²) in [6.45, 7) is 1.38. The summed E-state index contributed by atoms with van der Waals surface area (Å²) in [6, 6.07) is 8.72. The minimum Gasteiger partial charge on any atom is -0.477 e. The number of aromatic carboxylic acids is 1. The molecule has 1 aliphatic heterocycles. The number of carbonyl (C=O) groups is 1. The molecule has 0 radical (unpaired) electrons. The van der Waals surface area contributed by atoms with Crippen LogP contribution in [0.15, 0.2) is 41.3 Å². The maximum atomic E-state index is 14.7. The molecule has 5 rings (SSSR count). The molecule has 1 saturated carbocycles. The minimum atomic E-state index is -1.22. The average molecular weight is 364 g/mol. The number of aromatic nitrogens is 1. The van der Waals surface area contributed by atoms with Crippen LogP contribution >= 0.6 is 0 Å². The second-order valence-electron chi connectivity index (χ2n) is 7.25. The molecule has 6 heteroatoms. The van der Waals surface area contributed by atoms with Crippen LogP contribution in [-0.4, -0.2) is 15.6 Å². The molecule has 27 heavy (non-hydrogen) atoms. The highest BCUT2D eigenvalue weighted by Gasteiger charge is 2.27. The topological polar surface area (TPSA) is 71.3 Å². The molecule has 0 spiro atoms. The first-order chi connectivity index (χ1) is 13.0. The largest absolute Gasteiger partial charge is 0.477 e. The van der Waals surface area contributed by atoms with Crippen LogP contribution in [0.5, 0.6) is 0 Å². The number of halogens is 1. The van der Waals surface area contributed by atoms with Gasteiger partial charge in [0.05, 0.1) is 5.52 Å². The molecule has 136 valence electrons. The lowest BCUT2D eigenvalue weighted by atomic mass is 9.98. The van der Waals surface area contributed by atoms with Crippen molar-refractivity contribution in [1.82, 2.24) is 9.88 Å². The Kier molecular flexibility index (Phi) is 3.45. The highest BCUT2D eigenvalue weighted by molar-refractivity contribution is 5.94. The van der Waals surface area contributed by atoms with E-state index in [-0.39, 0.29) is 17.4 Å². The van der Waals surface area contributed by atoms with E-state index in [1.807, 2.05) is 10.6 Å². The van der Waals surface area contributed by atoms with Gasteiger partial charge in [0.1, 0.15) is 11.4 Å². The van der Waals surface area contributed by atoms with Crippen LogP contribution in [0, 0.1) is 5.82 Å². The summed E-state index contributed by atoms with van der Waals surface area (Å²) in [4.78, 5) is 24.0. The first-order valence-corrected chi connectivity index (χ1v) is 8.97. The fourth-order valence-electron chi connectivity index (χ4n) is 3.87. The van der Waals surface area contributed by atoms with Gasteiger partial charge in [-0.3, -0.25) is 4.79 Å². The standard InChI is InChI=1S/C21H17FN2O3/c22-18-6-13-9-23-8-12(13)5-16(18)11-1-4-15-19(7-11)24(14-2-3-14)10-17(20(15)25)21(26)27/h1,4-7,10,14,23H,2-3,8-9H2,(H,26,27). The molecule has 0 atom stereocenters. The molecule has 1 fully saturated rings. The van der Waals surface area contributed by atoms with Crippen molar-refractivity contribution in [2.24, 2.45) is 0 Å². The Morgan fingerprint density at radius 2 is 1.89 bits per heavy atom. The van der Waals surface area contributed by atoms with Gasteiger partial charge in [0.15, 0.2) is 0 Å². The Balaban J connectivity index is 1.75. The highest BCUT2D eigenvalue weighted by atomic mass is 19.1. The predicted molar refractivity (Wildman–Crippen MR) is 99.4 cm³/mol. The van der Waals surface area contributed by atoms with Crippen molar-refractivity contribution in [3.8, 4) is 11.1 Å². The third-order valence-electron chi connectivity index (χ3n) is 5.44. The van der Waals surface area contributed by atoms with Crippen LogP contribution in [0.25, 0.3) is 22.0 Å². The molecular weight excluding hydrogens is 347 g/mol. The number of rotatable bonds is 3. The van der Waals surface area contributed by atoms with Crippen LogP contribution in [0.3, 0.4) is 0 Å². The van der Waals surface area contributed by atoms with Crippen LogP contribution in [0.1, 0.15) is 40.4 Å². The van der Waals surface area contributed by atoms with Crippen molar-refractivity contribution >= 4 is 16.9 Å². The highest BCUT2D eigenvalue weighted by Crippen LogP contribution is 2.38. The van der Waals surface area contributed by atoms with E-state index in [1.165, 1.54) is 6.20 Å². The third-order valence-corrected chi connectivity index (χ3v) is 5.44. The lowest BCUT2D eigenvalue weighted by molar-refractivity contribution is 0.0695. The molecule has 0 bridgehead atoms. The van der Waals surface area contributed by atoms with Gasteiger partial charge < -0.3 is 15.0 Å². The van der Waals surface area contributed by atoms with Crippen LogP contribution < -0.4 is 10.7 Å². The van der Waals surface area contributed by atoms with E-state index in [1.54, 1.807) is 24.3 Å². The van der Waals surface area contributed by atoms with Crippen LogP contribution in [-0.2, 0) is 13.1 Å². The SMILES string of the molecule is O=C(O)c1cn(C2CC2)c2cc(-c3cc4c(cc3F)CNC4)ccc2c1=O. The lowest BCUT2D eigenvalue weighted by Gasteiger charge is -2.14. The summed E-state index contributed by atoms with van der Waals surface area (Å²) in [5, 5.41) is 12.9. The Hall–Kier alpha value is -2.99. The van der Waals surface area contributed by atoms with Crippen molar-refractivity contribution in [3.05, 3.63) is 69.3 Å². The Morgan fingerprint density at radius 3 is 2.59 bits per heavy atom. The number of pyridine rings is 1. The monoisotopic (exact) mass is 364 g/mol. The Labute approximate surface area is 154 Å². The summed E-state index contributed by atoms with van der Waals surface area (Å²) in [5.41, 5.74) is 3.16. The van der Waals surface area contributed by atoms with Gasteiger partial charge in [-0.25, -0.2) is 9.18 Å². The first kappa shape index (κ1) is 16.2. The number of carboxylic acid groups (broad SMARTS) is 1. The number of carboxylic acids is 1. The molecule has 2 aromatic carbocycles. The maximum absolute atomic E-state index is 14.7. The van der Waals surface area contributed by atoms with E-state index in [0.717, 1.165) is 24.0 Å². The van der Waals surface area contributed by atoms with Gasteiger partial charge in [0.25, 0.3) is 0 Å². The van der Waals surface area contributed by atoms with E-state index < -0.39 is 11.4 Å². The van der Waals surface area contributed by atoms with Gasteiger partial charge in [-0.1, -0.05) is 6.07 Å². The molecule has 2 heterocycles. The normalized spacial score (nSPS) is 15.9. The molecule has 0 unspecified atom stereocenters. The number of nitrogens with one attached hydrogen (secondary N) is 1. The third kappa shape index (κ3) is 2.56. The quantitative estimate of drug-likeness (QED) is 0.747.